The lowest BCUT2D eigenvalue weighted by molar-refractivity contribution is -0.113. The van der Waals surface area contributed by atoms with Gasteiger partial charge in [-0.2, -0.15) is 0 Å². The third kappa shape index (κ3) is 3.80. The number of nitrogens with zero attached hydrogens (tertiary/aromatic N) is 2. The van der Waals surface area contributed by atoms with Crippen LogP contribution in [0.1, 0.15) is 6.42 Å². The molecule has 0 fully saturated rings. The number of thioether (sulfide) groups is 1. The van der Waals surface area contributed by atoms with Gasteiger partial charge in [0.15, 0.2) is 15.8 Å². The molecule has 116 valence electrons. The Labute approximate surface area is 135 Å². The number of rotatable bonds is 4. The summed E-state index contributed by atoms with van der Waals surface area (Å²) >= 11 is 2.56. The van der Waals surface area contributed by atoms with Gasteiger partial charge in [0.05, 0.1) is 19.0 Å². The zero-order valence-corrected chi connectivity index (χ0v) is 13.2. The van der Waals surface area contributed by atoms with Gasteiger partial charge in [-0.3, -0.25) is 4.79 Å². The molecule has 2 heterocycles. The molecular weight excluding hydrogens is 324 g/mol. The quantitative estimate of drug-likeness (QED) is 0.823. The maximum atomic E-state index is 11.9. The highest BCUT2D eigenvalue weighted by Gasteiger charge is 2.12. The number of nitrogens with one attached hydrogen (secondary N) is 1. The van der Waals surface area contributed by atoms with E-state index < -0.39 is 0 Å². The lowest BCUT2D eigenvalue weighted by atomic mass is 10.2. The molecule has 1 aromatic heterocycles. The molecule has 0 saturated carbocycles. The van der Waals surface area contributed by atoms with Crippen LogP contribution in [0.2, 0.25) is 0 Å². The van der Waals surface area contributed by atoms with Crippen LogP contribution in [-0.2, 0) is 4.79 Å². The highest BCUT2D eigenvalue weighted by molar-refractivity contribution is 8.01. The zero-order chi connectivity index (χ0) is 15.4. The van der Waals surface area contributed by atoms with Crippen LogP contribution in [0, 0.1) is 0 Å². The van der Waals surface area contributed by atoms with Crippen molar-refractivity contribution in [1.29, 1.82) is 0 Å². The Morgan fingerprint density at radius 2 is 2.14 bits per heavy atom. The first kappa shape index (κ1) is 14.9. The minimum Gasteiger partial charge on any atom is -0.490 e. The SMILES string of the molecule is Nc1nnc(SCC(=O)Nc2ccc3c(c2)OCCCO3)s1. The predicted octanol–water partition coefficient (Wildman–Crippen LogP) is 2.01. The summed E-state index contributed by atoms with van der Waals surface area (Å²) in [6.07, 6.45) is 0.845. The van der Waals surface area contributed by atoms with Crippen LogP contribution in [-0.4, -0.2) is 35.1 Å². The van der Waals surface area contributed by atoms with Crippen LogP contribution in [0.3, 0.4) is 0 Å². The average Bonchev–Trinajstić information content (AvgIpc) is 2.78. The number of nitrogen functional groups attached to an aromatic ring is 1. The highest BCUT2D eigenvalue weighted by Crippen LogP contribution is 2.32. The van der Waals surface area contributed by atoms with Crippen LogP contribution in [0.4, 0.5) is 10.8 Å². The number of anilines is 2. The van der Waals surface area contributed by atoms with Crippen LogP contribution >= 0.6 is 23.1 Å². The van der Waals surface area contributed by atoms with Gasteiger partial charge in [0, 0.05) is 18.2 Å². The van der Waals surface area contributed by atoms with Crippen molar-refractivity contribution < 1.29 is 14.3 Å². The zero-order valence-electron chi connectivity index (χ0n) is 11.6. The second kappa shape index (κ2) is 6.84. The Bertz CT molecular complexity index is 677. The highest BCUT2D eigenvalue weighted by atomic mass is 32.2. The van der Waals surface area contributed by atoms with E-state index in [9.17, 15) is 4.79 Å². The first-order valence-electron chi connectivity index (χ1n) is 6.62. The lowest BCUT2D eigenvalue weighted by Crippen LogP contribution is -2.14. The summed E-state index contributed by atoms with van der Waals surface area (Å²) in [6, 6.07) is 5.36. The Hall–Kier alpha value is -2.00. The van der Waals surface area contributed by atoms with Crippen molar-refractivity contribution >= 4 is 39.8 Å². The van der Waals surface area contributed by atoms with Gasteiger partial charge in [0.2, 0.25) is 11.0 Å². The van der Waals surface area contributed by atoms with Gasteiger partial charge in [-0.25, -0.2) is 0 Å². The van der Waals surface area contributed by atoms with Crippen LogP contribution in [0.15, 0.2) is 22.5 Å². The molecule has 0 aliphatic carbocycles. The second-order valence-corrected chi connectivity index (χ2v) is 6.69. The molecule has 0 atom stereocenters. The third-order valence-electron chi connectivity index (χ3n) is 2.78. The van der Waals surface area contributed by atoms with Crippen LogP contribution in [0.5, 0.6) is 11.5 Å². The van der Waals surface area contributed by atoms with E-state index in [2.05, 4.69) is 15.5 Å². The van der Waals surface area contributed by atoms with E-state index in [1.54, 1.807) is 18.2 Å². The van der Waals surface area contributed by atoms with Gasteiger partial charge in [0.1, 0.15) is 0 Å². The van der Waals surface area contributed by atoms with Gasteiger partial charge in [-0.1, -0.05) is 23.1 Å². The van der Waals surface area contributed by atoms with Crippen molar-refractivity contribution in [2.24, 2.45) is 0 Å². The van der Waals surface area contributed by atoms with E-state index in [0.717, 1.165) is 6.42 Å². The largest absolute Gasteiger partial charge is 0.490 e. The maximum absolute atomic E-state index is 11.9. The number of hydrogen-bond acceptors (Lipinski definition) is 8. The first-order valence-corrected chi connectivity index (χ1v) is 8.42. The van der Waals surface area contributed by atoms with Crippen molar-refractivity contribution in [1.82, 2.24) is 10.2 Å². The number of carbonyl (C=O) groups excluding carboxylic acids is 1. The minimum atomic E-state index is -0.131. The van der Waals surface area contributed by atoms with Crippen molar-refractivity contribution in [2.45, 2.75) is 10.8 Å². The molecule has 3 N–H and O–H groups in total. The fourth-order valence-electron chi connectivity index (χ4n) is 1.84. The average molecular weight is 338 g/mol. The summed E-state index contributed by atoms with van der Waals surface area (Å²) in [4.78, 5) is 11.9. The van der Waals surface area contributed by atoms with Crippen molar-refractivity contribution in [2.75, 3.05) is 30.0 Å². The van der Waals surface area contributed by atoms with Crippen molar-refractivity contribution in [3.8, 4) is 11.5 Å². The van der Waals surface area contributed by atoms with Crippen LogP contribution < -0.4 is 20.5 Å². The Balaban J connectivity index is 1.58. The monoisotopic (exact) mass is 338 g/mol. The van der Waals surface area contributed by atoms with Gasteiger partial charge in [-0.05, 0) is 12.1 Å². The van der Waals surface area contributed by atoms with Gasteiger partial charge in [0.25, 0.3) is 0 Å². The second-order valence-electron chi connectivity index (χ2n) is 4.46. The topological polar surface area (TPSA) is 99.4 Å². The van der Waals surface area contributed by atoms with Crippen molar-refractivity contribution in [3.05, 3.63) is 18.2 Å². The van der Waals surface area contributed by atoms with Gasteiger partial charge < -0.3 is 20.5 Å². The Morgan fingerprint density at radius 3 is 2.91 bits per heavy atom. The first-order chi connectivity index (χ1) is 10.7. The number of carbonyl (C=O) groups is 1. The Morgan fingerprint density at radius 1 is 1.32 bits per heavy atom. The lowest BCUT2D eigenvalue weighted by Gasteiger charge is -2.10. The molecular formula is C13H14N4O3S2. The molecule has 1 aliphatic rings. The van der Waals surface area contributed by atoms with E-state index in [4.69, 9.17) is 15.2 Å². The van der Waals surface area contributed by atoms with Crippen LogP contribution in [0.25, 0.3) is 0 Å². The van der Waals surface area contributed by atoms with E-state index in [-0.39, 0.29) is 11.7 Å². The molecule has 1 aromatic carbocycles. The summed E-state index contributed by atoms with van der Waals surface area (Å²) in [5.41, 5.74) is 6.16. The molecule has 1 amide bonds. The molecule has 0 bridgehead atoms. The maximum Gasteiger partial charge on any atom is 0.234 e. The predicted molar refractivity (Wildman–Crippen MR) is 85.7 cm³/mol. The summed E-state index contributed by atoms with van der Waals surface area (Å²) in [5.74, 6) is 1.46. The fraction of sp³-hybridized carbons (Fsp3) is 0.308. The smallest absolute Gasteiger partial charge is 0.234 e. The third-order valence-corrected chi connectivity index (χ3v) is 4.67. The number of nitrogens with two attached hydrogens (primary N) is 1. The molecule has 3 rings (SSSR count). The molecule has 0 saturated heterocycles. The van der Waals surface area contributed by atoms with Gasteiger partial charge >= 0.3 is 0 Å². The standard InChI is InChI=1S/C13H14N4O3S2/c14-12-16-17-13(22-12)21-7-11(18)15-8-2-3-9-10(6-8)20-5-1-4-19-9/h2-3,6H,1,4-5,7H2,(H2,14,16)(H,15,18). The summed E-state index contributed by atoms with van der Waals surface area (Å²) in [7, 11) is 0. The van der Waals surface area contributed by atoms with E-state index in [1.165, 1.54) is 23.1 Å². The molecule has 22 heavy (non-hydrogen) atoms. The normalized spacial score (nSPS) is 13.5. The molecule has 7 nitrogen and oxygen atoms in total. The molecule has 1 aliphatic heterocycles. The summed E-state index contributed by atoms with van der Waals surface area (Å²) < 4.78 is 11.8. The van der Waals surface area contributed by atoms with E-state index >= 15 is 0 Å². The minimum absolute atomic E-state index is 0.131. The number of aromatic nitrogens is 2. The van der Waals surface area contributed by atoms with E-state index in [1.807, 2.05) is 0 Å². The fourth-order valence-corrected chi connectivity index (χ4v) is 3.28. The molecule has 0 spiro atoms. The molecule has 0 unspecified atom stereocenters. The van der Waals surface area contributed by atoms with Crippen molar-refractivity contribution in [3.63, 3.8) is 0 Å². The number of fused-ring (bicyclic) bond motifs is 1. The van der Waals surface area contributed by atoms with E-state index in [0.29, 0.717) is 39.9 Å². The number of ether oxygens (including phenoxy) is 2. The van der Waals surface area contributed by atoms with Gasteiger partial charge in [-0.15, -0.1) is 10.2 Å². The number of amides is 1. The number of benzene rings is 1. The summed E-state index contributed by atoms with van der Waals surface area (Å²) in [6.45, 7) is 1.25. The summed E-state index contributed by atoms with van der Waals surface area (Å²) in [5, 5.41) is 10.8. The molecule has 2 aromatic rings. The Kier molecular flexibility index (Phi) is 4.64. The molecule has 0 radical (unpaired) electrons. The molecule has 9 heteroatoms. The number of hydrogen-bond donors (Lipinski definition) is 2.